The molecular formula is C14H20O3. The van der Waals surface area contributed by atoms with Gasteiger partial charge < -0.3 is 14.2 Å². The molecule has 0 heterocycles. The number of methoxy groups -OCH3 is 3. The molecule has 0 atom stereocenters. The summed E-state index contributed by atoms with van der Waals surface area (Å²) in [7, 11) is 5.06. The van der Waals surface area contributed by atoms with Crippen molar-refractivity contribution in [3.63, 3.8) is 0 Å². The van der Waals surface area contributed by atoms with Crippen LogP contribution in [-0.4, -0.2) is 21.3 Å². The monoisotopic (exact) mass is 236 g/mol. The smallest absolute Gasteiger partial charge is 0.0720 e. The van der Waals surface area contributed by atoms with Crippen LogP contribution < -0.4 is 0 Å². The summed E-state index contributed by atoms with van der Waals surface area (Å²) >= 11 is 0. The van der Waals surface area contributed by atoms with E-state index in [1.54, 1.807) is 21.3 Å². The zero-order valence-corrected chi connectivity index (χ0v) is 10.8. The van der Waals surface area contributed by atoms with Gasteiger partial charge in [-0.1, -0.05) is 12.7 Å². The first-order valence-electron chi connectivity index (χ1n) is 5.50. The van der Waals surface area contributed by atoms with Crippen molar-refractivity contribution in [2.45, 2.75) is 19.8 Å². The van der Waals surface area contributed by atoms with Crippen molar-refractivity contribution in [2.75, 3.05) is 21.3 Å². The van der Waals surface area contributed by atoms with E-state index in [0.717, 1.165) is 22.3 Å². The highest BCUT2D eigenvalue weighted by atomic mass is 16.5. The summed E-state index contributed by atoms with van der Waals surface area (Å²) in [6, 6.07) is 4.15. The average molecular weight is 236 g/mol. The van der Waals surface area contributed by atoms with Crippen molar-refractivity contribution in [2.24, 2.45) is 0 Å². The van der Waals surface area contributed by atoms with Gasteiger partial charge in [-0.3, -0.25) is 0 Å². The lowest BCUT2D eigenvalue weighted by Crippen LogP contribution is -2.05. The summed E-state index contributed by atoms with van der Waals surface area (Å²) < 4.78 is 15.7. The molecule has 0 aromatic heterocycles. The fourth-order valence-electron chi connectivity index (χ4n) is 1.84. The van der Waals surface area contributed by atoms with Crippen molar-refractivity contribution >= 4 is 6.08 Å². The summed E-state index contributed by atoms with van der Waals surface area (Å²) in [5, 5.41) is 0. The summed E-state index contributed by atoms with van der Waals surface area (Å²) in [6.45, 7) is 5.49. The predicted molar refractivity (Wildman–Crippen MR) is 68.7 cm³/mol. The van der Waals surface area contributed by atoms with Gasteiger partial charge in [0.15, 0.2) is 0 Å². The fourth-order valence-corrected chi connectivity index (χ4v) is 1.84. The van der Waals surface area contributed by atoms with Crippen LogP contribution in [0, 0.1) is 0 Å². The minimum absolute atomic E-state index is 0.564. The minimum atomic E-state index is 0.564. The topological polar surface area (TPSA) is 27.7 Å². The Balaban J connectivity index is 3.21. The lowest BCUT2D eigenvalue weighted by molar-refractivity contribution is 0.159. The molecule has 0 fully saturated rings. The Kier molecular flexibility index (Phi) is 5.91. The van der Waals surface area contributed by atoms with Gasteiger partial charge >= 0.3 is 0 Å². The number of hydrogen-bond acceptors (Lipinski definition) is 3. The molecule has 0 radical (unpaired) electrons. The van der Waals surface area contributed by atoms with Gasteiger partial charge in [-0.25, -0.2) is 0 Å². The molecular weight excluding hydrogens is 216 g/mol. The molecule has 0 unspecified atom stereocenters. The second-order valence-corrected chi connectivity index (χ2v) is 3.82. The Morgan fingerprint density at radius 3 is 1.76 bits per heavy atom. The predicted octanol–water partition coefficient (Wildman–Crippen LogP) is 2.77. The molecule has 17 heavy (non-hydrogen) atoms. The summed E-state index contributed by atoms with van der Waals surface area (Å²) in [6.07, 6.45) is 1.83. The zero-order chi connectivity index (χ0) is 12.7. The highest BCUT2D eigenvalue weighted by molar-refractivity contribution is 5.52. The van der Waals surface area contributed by atoms with Crippen molar-refractivity contribution in [1.29, 1.82) is 0 Å². The Hall–Kier alpha value is -1.16. The Bertz CT molecular complexity index is 345. The van der Waals surface area contributed by atoms with E-state index in [1.165, 1.54) is 0 Å². The highest BCUT2D eigenvalue weighted by Crippen LogP contribution is 2.21. The maximum Gasteiger partial charge on any atom is 0.0720 e. The van der Waals surface area contributed by atoms with Crippen LogP contribution in [0.15, 0.2) is 18.7 Å². The molecule has 0 aliphatic rings. The minimum Gasteiger partial charge on any atom is -0.380 e. The zero-order valence-electron chi connectivity index (χ0n) is 10.8. The van der Waals surface area contributed by atoms with Crippen LogP contribution >= 0.6 is 0 Å². The molecule has 1 aromatic carbocycles. The van der Waals surface area contributed by atoms with Crippen LogP contribution in [-0.2, 0) is 34.0 Å². The quantitative estimate of drug-likeness (QED) is 0.728. The van der Waals surface area contributed by atoms with E-state index < -0.39 is 0 Å². The van der Waals surface area contributed by atoms with Gasteiger partial charge in [0, 0.05) is 21.3 Å². The molecule has 0 saturated carbocycles. The van der Waals surface area contributed by atoms with Crippen molar-refractivity contribution in [3.05, 3.63) is 41.0 Å². The van der Waals surface area contributed by atoms with Crippen LogP contribution in [0.2, 0.25) is 0 Å². The van der Waals surface area contributed by atoms with E-state index in [-0.39, 0.29) is 0 Å². The van der Waals surface area contributed by atoms with E-state index in [2.05, 4.69) is 18.7 Å². The van der Waals surface area contributed by atoms with Gasteiger partial charge in [-0.15, -0.1) is 0 Å². The van der Waals surface area contributed by atoms with E-state index in [9.17, 15) is 0 Å². The van der Waals surface area contributed by atoms with Crippen LogP contribution in [0.25, 0.3) is 6.08 Å². The fraction of sp³-hybridized carbons (Fsp3) is 0.429. The number of hydrogen-bond donors (Lipinski definition) is 0. The maximum absolute atomic E-state index is 5.24. The molecule has 0 aliphatic heterocycles. The SMILES string of the molecule is C=Cc1cc(COC)c(COC)c(COC)c1. The number of benzene rings is 1. The Morgan fingerprint density at radius 2 is 1.41 bits per heavy atom. The molecule has 0 saturated heterocycles. The van der Waals surface area contributed by atoms with Gasteiger partial charge in [0.1, 0.15) is 0 Å². The molecule has 0 spiro atoms. The summed E-state index contributed by atoms with van der Waals surface area (Å²) in [5.74, 6) is 0. The molecule has 3 heteroatoms. The van der Waals surface area contributed by atoms with E-state index in [4.69, 9.17) is 14.2 Å². The lowest BCUT2D eigenvalue weighted by Gasteiger charge is -2.15. The molecule has 0 bridgehead atoms. The number of ether oxygens (including phenoxy) is 3. The first-order valence-corrected chi connectivity index (χ1v) is 5.50. The second-order valence-electron chi connectivity index (χ2n) is 3.82. The lowest BCUT2D eigenvalue weighted by atomic mass is 9.98. The van der Waals surface area contributed by atoms with E-state index in [0.29, 0.717) is 19.8 Å². The Morgan fingerprint density at radius 1 is 0.941 bits per heavy atom. The van der Waals surface area contributed by atoms with Crippen molar-refractivity contribution in [3.8, 4) is 0 Å². The molecule has 1 rings (SSSR count). The van der Waals surface area contributed by atoms with Crippen LogP contribution in [0.3, 0.4) is 0 Å². The largest absolute Gasteiger partial charge is 0.380 e. The van der Waals surface area contributed by atoms with Crippen molar-refractivity contribution in [1.82, 2.24) is 0 Å². The van der Waals surface area contributed by atoms with Gasteiger partial charge in [-0.05, 0) is 34.4 Å². The van der Waals surface area contributed by atoms with Crippen LogP contribution in [0.4, 0.5) is 0 Å². The normalized spacial score (nSPS) is 10.5. The first kappa shape index (κ1) is 13.9. The Labute approximate surface area is 103 Å². The third kappa shape index (κ3) is 3.66. The van der Waals surface area contributed by atoms with Crippen molar-refractivity contribution < 1.29 is 14.2 Å². The average Bonchev–Trinajstić information content (AvgIpc) is 2.33. The molecule has 1 aromatic rings. The van der Waals surface area contributed by atoms with Gasteiger partial charge in [0.25, 0.3) is 0 Å². The van der Waals surface area contributed by atoms with Gasteiger partial charge in [0.2, 0.25) is 0 Å². The summed E-state index contributed by atoms with van der Waals surface area (Å²) in [5.41, 5.74) is 4.46. The highest BCUT2D eigenvalue weighted by Gasteiger charge is 2.10. The maximum atomic E-state index is 5.24. The third-order valence-corrected chi connectivity index (χ3v) is 2.58. The molecule has 94 valence electrons. The first-order chi connectivity index (χ1) is 8.26. The standard InChI is InChI=1S/C14H20O3/c1-5-11-6-12(8-15-2)14(10-17-4)13(7-11)9-16-3/h5-7H,1,8-10H2,2-4H3. The number of rotatable bonds is 7. The summed E-state index contributed by atoms with van der Waals surface area (Å²) in [4.78, 5) is 0. The molecule has 0 aliphatic carbocycles. The van der Waals surface area contributed by atoms with E-state index >= 15 is 0 Å². The third-order valence-electron chi connectivity index (χ3n) is 2.58. The van der Waals surface area contributed by atoms with Crippen LogP contribution in [0.1, 0.15) is 22.3 Å². The molecule has 0 amide bonds. The second kappa shape index (κ2) is 7.22. The van der Waals surface area contributed by atoms with E-state index in [1.807, 2.05) is 6.08 Å². The van der Waals surface area contributed by atoms with Gasteiger partial charge in [0.05, 0.1) is 19.8 Å². The molecule has 3 nitrogen and oxygen atoms in total. The molecule has 0 N–H and O–H groups in total. The van der Waals surface area contributed by atoms with Crippen LogP contribution in [0.5, 0.6) is 0 Å². The van der Waals surface area contributed by atoms with Gasteiger partial charge in [-0.2, -0.15) is 0 Å².